The van der Waals surface area contributed by atoms with Crippen molar-refractivity contribution in [2.45, 2.75) is 49.6 Å². The molecule has 27 heavy (non-hydrogen) atoms. The van der Waals surface area contributed by atoms with Gasteiger partial charge in [0.2, 0.25) is 10.0 Å². The monoisotopic (exact) mass is 388 g/mol. The Labute approximate surface area is 159 Å². The highest BCUT2D eigenvalue weighted by molar-refractivity contribution is 7.89. The largest absolute Gasteiger partial charge is 0.478 e. The molecule has 6 nitrogen and oxygen atoms in total. The minimum atomic E-state index is -3.83. The predicted octanol–water partition coefficient (Wildman–Crippen LogP) is 3.78. The average molecular weight is 388 g/mol. The lowest BCUT2D eigenvalue weighted by Crippen LogP contribution is -2.33. The summed E-state index contributed by atoms with van der Waals surface area (Å²) in [7, 11) is -3.83. The summed E-state index contributed by atoms with van der Waals surface area (Å²) >= 11 is 0. The van der Waals surface area contributed by atoms with E-state index in [4.69, 9.17) is 0 Å². The summed E-state index contributed by atoms with van der Waals surface area (Å²) < 4.78 is 28.6. The lowest BCUT2D eigenvalue weighted by atomic mass is 10.1. The average Bonchev–Trinajstić information content (AvgIpc) is 3.14. The van der Waals surface area contributed by atoms with E-state index in [-0.39, 0.29) is 22.5 Å². The molecule has 0 spiro atoms. The minimum Gasteiger partial charge on any atom is -0.478 e. The van der Waals surface area contributed by atoms with Gasteiger partial charge in [0.05, 0.1) is 11.3 Å². The summed E-state index contributed by atoms with van der Waals surface area (Å²) in [5.41, 5.74) is 1.34. The number of nitrogens with one attached hydrogen (secondary N) is 2. The maximum atomic E-state index is 13.0. The van der Waals surface area contributed by atoms with Gasteiger partial charge in [0.1, 0.15) is 4.90 Å². The molecular weight excluding hydrogens is 364 g/mol. The molecule has 2 aromatic rings. The van der Waals surface area contributed by atoms with Crippen LogP contribution in [-0.2, 0) is 10.0 Å². The topological polar surface area (TPSA) is 95.5 Å². The van der Waals surface area contributed by atoms with Crippen molar-refractivity contribution in [2.75, 3.05) is 5.32 Å². The van der Waals surface area contributed by atoms with E-state index in [0.29, 0.717) is 5.69 Å². The van der Waals surface area contributed by atoms with Gasteiger partial charge >= 0.3 is 5.97 Å². The van der Waals surface area contributed by atoms with Gasteiger partial charge in [-0.05, 0) is 43.5 Å². The second-order valence-electron chi connectivity index (χ2n) is 6.90. The lowest BCUT2D eigenvalue weighted by molar-refractivity contribution is 0.0696. The molecule has 0 radical (unpaired) electrons. The molecule has 1 unspecified atom stereocenters. The van der Waals surface area contributed by atoms with Gasteiger partial charge in [-0.2, -0.15) is 0 Å². The van der Waals surface area contributed by atoms with E-state index in [1.54, 1.807) is 0 Å². The number of sulfonamides is 1. The van der Waals surface area contributed by atoms with E-state index in [1.807, 2.05) is 37.3 Å². The second-order valence-corrected chi connectivity index (χ2v) is 8.58. The molecule has 0 bridgehead atoms. The minimum absolute atomic E-state index is 0.0305. The number of aromatic carboxylic acids is 1. The Kier molecular flexibility index (Phi) is 5.82. The van der Waals surface area contributed by atoms with Crippen LogP contribution in [0.1, 0.15) is 54.6 Å². The number of hydrogen-bond donors (Lipinski definition) is 3. The van der Waals surface area contributed by atoms with Crippen molar-refractivity contribution >= 4 is 21.7 Å². The van der Waals surface area contributed by atoms with Crippen molar-refractivity contribution in [2.24, 2.45) is 0 Å². The first-order chi connectivity index (χ1) is 12.9. The van der Waals surface area contributed by atoms with Crippen LogP contribution in [0.25, 0.3) is 0 Å². The molecule has 3 N–H and O–H groups in total. The molecule has 0 saturated heterocycles. The Balaban J connectivity index is 1.94. The van der Waals surface area contributed by atoms with Crippen LogP contribution in [0, 0.1) is 0 Å². The number of carbonyl (C=O) groups is 1. The van der Waals surface area contributed by atoms with Gasteiger partial charge in [0.25, 0.3) is 0 Å². The van der Waals surface area contributed by atoms with Crippen molar-refractivity contribution in [3.8, 4) is 0 Å². The first kappa shape index (κ1) is 19.4. The summed E-state index contributed by atoms with van der Waals surface area (Å²) in [5.74, 6) is -1.16. The molecule has 0 amide bonds. The molecule has 1 aliphatic carbocycles. The van der Waals surface area contributed by atoms with Crippen LogP contribution in [0.15, 0.2) is 53.4 Å². The fourth-order valence-corrected chi connectivity index (χ4v) is 4.88. The third kappa shape index (κ3) is 4.67. The number of rotatable bonds is 7. The molecule has 0 heterocycles. The Morgan fingerprint density at radius 1 is 1.11 bits per heavy atom. The van der Waals surface area contributed by atoms with E-state index < -0.39 is 16.0 Å². The van der Waals surface area contributed by atoms with Gasteiger partial charge in [0.15, 0.2) is 0 Å². The highest BCUT2D eigenvalue weighted by Crippen LogP contribution is 2.29. The number of carboxylic acids is 1. The molecule has 3 rings (SSSR count). The first-order valence-electron chi connectivity index (χ1n) is 9.08. The Morgan fingerprint density at radius 3 is 2.41 bits per heavy atom. The summed E-state index contributed by atoms with van der Waals surface area (Å²) in [6.45, 7) is 1.93. The highest BCUT2D eigenvalue weighted by Gasteiger charge is 2.26. The maximum Gasteiger partial charge on any atom is 0.335 e. The number of carboxylic acid groups (broad SMARTS) is 1. The standard InChI is InChI=1S/C20H24N2O4S/c1-14(15-7-3-2-4-8-15)21-18-12-11-16(20(23)24)13-19(18)27(25,26)22-17-9-5-6-10-17/h2-4,7-8,11-14,17,21-22H,5-6,9-10H2,1H3,(H,23,24). The van der Waals surface area contributed by atoms with Gasteiger partial charge in [-0.1, -0.05) is 43.2 Å². The van der Waals surface area contributed by atoms with E-state index in [0.717, 1.165) is 31.2 Å². The van der Waals surface area contributed by atoms with Crippen LogP contribution in [-0.4, -0.2) is 25.5 Å². The first-order valence-corrected chi connectivity index (χ1v) is 10.6. The molecular formula is C20H24N2O4S. The van der Waals surface area contributed by atoms with Crippen LogP contribution in [0.3, 0.4) is 0 Å². The highest BCUT2D eigenvalue weighted by atomic mass is 32.2. The van der Waals surface area contributed by atoms with Crippen molar-refractivity contribution in [3.63, 3.8) is 0 Å². The van der Waals surface area contributed by atoms with Crippen LogP contribution in [0.4, 0.5) is 5.69 Å². The Hall–Kier alpha value is -2.38. The third-order valence-corrected chi connectivity index (χ3v) is 6.43. The molecule has 1 fully saturated rings. The summed E-state index contributed by atoms with van der Waals surface area (Å²) in [6, 6.07) is 13.6. The van der Waals surface area contributed by atoms with Crippen molar-refractivity contribution in [1.29, 1.82) is 0 Å². The fourth-order valence-electron chi connectivity index (χ4n) is 3.38. The molecule has 0 aromatic heterocycles. The van der Waals surface area contributed by atoms with Gasteiger partial charge < -0.3 is 10.4 Å². The van der Waals surface area contributed by atoms with E-state index >= 15 is 0 Å². The van der Waals surface area contributed by atoms with Crippen LogP contribution in [0.5, 0.6) is 0 Å². The Bertz CT molecular complexity index is 907. The second kappa shape index (κ2) is 8.10. The summed E-state index contributed by atoms with van der Waals surface area (Å²) in [4.78, 5) is 11.3. The number of hydrogen-bond acceptors (Lipinski definition) is 4. The molecule has 1 saturated carbocycles. The summed E-state index contributed by atoms with van der Waals surface area (Å²) in [6.07, 6.45) is 3.61. The molecule has 1 aliphatic rings. The van der Waals surface area contributed by atoms with Crippen LogP contribution in [0.2, 0.25) is 0 Å². The molecule has 0 aliphatic heterocycles. The van der Waals surface area contributed by atoms with Crippen molar-refractivity contribution in [3.05, 3.63) is 59.7 Å². The summed E-state index contributed by atoms with van der Waals surface area (Å²) in [5, 5.41) is 12.5. The smallest absolute Gasteiger partial charge is 0.335 e. The van der Waals surface area contributed by atoms with Crippen LogP contribution < -0.4 is 10.0 Å². The van der Waals surface area contributed by atoms with Gasteiger partial charge in [-0.15, -0.1) is 0 Å². The quantitative estimate of drug-likeness (QED) is 0.671. The van der Waals surface area contributed by atoms with Crippen LogP contribution >= 0.6 is 0 Å². The Morgan fingerprint density at radius 2 is 1.78 bits per heavy atom. The molecule has 1 atom stereocenters. The van der Waals surface area contributed by atoms with Crippen molar-refractivity contribution < 1.29 is 18.3 Å². The zero-order valence-corrected chi connectivity index (χ0v) is 16.0. The third-order valence-electron chi connectivity index (χ3n) is 4.87. The van der Waals surface area contributed by atoms with Gasteiger partial charge in [0, 0.05) is 12.1 Å². The number of benzene rings is 2. The maximum absolute atomic E-state index is 13.0. The lowest BCUT2D eigenvalue weighted by Gasteiger charge is -2.20. The fraction of sp³-hybridized carbons (Fsp3) is 0.350. The van der Waals surface area contributed by atoms with E-state index in [9.17, 15) is 18.3 Å². The predicted molar refractivity (Wildman–Crippen MR) is 104 cm³/mol. The van der Waals surface area contributed by atoms with Crippen molar-refractivity contribution in [1.82, 2.24) is 4.72 Å². The molecule has 7 heteroatoms. The van der Waals surface area contributed by atoms with Gasteiger partial charge in [-0.3, -0.25) is 0 Å². The molecule has 144 valence electrons. The zero-order valence-electron chi connectivity index (χ0n) is 15.2. The SMILES string of the molecule is CC(Nc1ccc(C(=O)O)cc1S(=O)(=O)NC1CCCC1)c1ccccc1. The zero-order chi connectivity index (χ0) is 19.4. The van der Waals surface area contributed by atoms with E-state index in [1.165, 1.54) is 18.2 Å². The molecule has 2 aromatic carbocycles. The van der Waals surface area contributed by atoms with E-state index in [2.05, 4.69) is 10.0 Å². The van der Waals surface area contributed by atoms with Gasteiger partial charge in [-0.25, -0.2) is 17.9 Å². The number of anilines is 1. The normalized spacial score (nSPS) is 16.2.